The van der Waals surface area contributed by atoms with Crippen molar-refractivity contribution in [3.8, 4) is 17.1 Å². The number of hydrogen-bond donors (Lipinski definition) is 0. The molecule has 1 unspecified atom stereocenters. The highest BCUT2D eigenvalue weighted by atomic mass is 79.9. The van der Waals surface area contributed by atoms with Gasteiger partial charge in [-0.1, -0.05) is 17.3 Å². The number of sulfonamides is 1. The fourth-order valence-electron chi connectivity index (χ4n) is 3.46. The summed E-state index contributed by atoms with van der Waals surface area (Å²) in [5.74, 6) is 0.569. The van der Waals surface area contributed by atoms with E-state index in [9.17, 15) is 12.8 Å². The van der Waals surface area contributed by atoms with Gasteiger partial charge in [-0.3, -0.25) is 0 Å². The van der Waals surface area contributed by atoms with Crippen molar-refractivity contribution in [2.75, 3.05) is 20.2 Å². The van der Waals surface area contributed by atoms with Crippen molar-refractivity contribution >= 4 is 26.0 Å². The molecule has 0 N–H and O–H groups in total. The van der Waals surface area contributed by atoms with Crippen LogP contribution in [-0.4, -0.2) is 43.1 Å². The standard InChI is InChI=1S/C20H19BrFN3O4S/c1-28-18-8-7-16(11-17(18)21)30(26,27)25-9-3-5-14(12-25)20-23-19(24-29-20)13-4-2-6-15(22)10-13/h2,4,6-8,10-11,14H,3,5,9,12H2,1H3. The molecule has 7 nitrogen and oxygen atoms in total. The molecule has 1 aromatic heterocycles. The van der Waals surface area contributed by atoms with Gasteiger partial charge in [-0.15, -0.1) is 0 Å². The van der Waals surface area contributed by atoms with E-state index in [0.717, 1.165) is 6.42 Å². The van der Waals surface area contributed by atoms with Crippen LogP contribution in [0.25, 0.3) is 11.4 Å². The largest absolute Gasteiger partial charge is 0.496 e. The Bertz CT molecular complexity index is 1170. The average molecular weight is 496 g/mol. The van der Waals surface area contributed by atoms with Crippen LogP contribution in [0.15, 0.2) is 56.4 Å². The maximum absolute atomic E-state index is 13.5. The summed E-state index contributed by atoms with van der Waals surface area (Å²) < 4.78 is 52.3. The van der Waals surface area contributed by atoms with Crippen molar-refractivity contribution in [2.24, 2.45) is 0 Å². The van der Waals surface area contributed by atoms with Gasteiger partial charge >= 0.3 is 0 Å². The minimum Gasteiger partial charge on any atom is -0.496 e. The molecule has 1 aliphatic rings. The van der Waals surface area contributed by atoms with Crippen LogP contribution in [0.4, 0.5) is 4.39 Å². The Morgan fingerprint density at radius 1 is 1.27 bits per heavy atom. The van der Waals surface area contributed by atoms with Crippen LogP contribution in [0.2, 0.25) is 0 Å². The molecule has 4 rings (SSSR count). The first-order valence-corrected chi connectivity index (χ1v) is 11.5. The summed E-state index contributed by atoms with van der Waals surface area (Å²) in [6, 6.07) is 10.6. The van der Waals surface area contributed by atoms with Crippen LogP contribution in [0.3, 0.4) is 0 Å². The van der Waals surface area contributed by atoms with Gasteiger partial charge in [0.15, 0.2) is 0 Å². The Morgan fingerprint density at radius 3 is 2.83 bits per heavy atom. The molecule has 1 atom stereocenters. The van der Waals surface area contributed by atoms with Crippen molar-refractivity contribution in [3.05, 3.63) is 58.6 Å². The molecule has 0 amide bonds. The summed E-state index contributed by atoms with van der Waals surface area (Å²) in [7, 11) is -2.17. The molecule has 0 radical (unpaired) electrons. The number of halogens is 2. The van der Waals surface area contributed by atoms with Crippen molar-refractivity contribution in [3.63, 3.8) is 0 Å². The van der Waals surface area contributed by atoms with E-state index in [0.29, 0.717) is 34.6 Å². The zero-order chi connectivity index (χ0) is 21.3. The number of hydrogen-bond acceptors (Lipinski definition) is 6. The average Bonchev–Trinajstić information content (AvgIpc) is 3.24. The van der Waals surface area contributed by atoms with Crippen LogP contribution >= 0.6 is 15.9 Å². The van der Waals surface area contributed by atoms with Gasteiger partial charge in [0.25, 0.3) is 0 Å². The molecule has 3 aromatic rings. The number of ether oxygens (including phenoxy) is 1. The lowest BCUT2D eigenvalue weighted by molar-refractivity contribution is 0.265. The molecule has 10 heteroatoms. The first-order valence-electron chi connectivity index (χ1n) is 9.31. The Balaban J connectivity index is 1.55. The van der Waals surface area contributed by atoms with Crippen LogP contribution in [0, 0.1) is 5.82 Å². The first-order chi connectivity index (χ1) is 14.4. The smallest absolute Gasteiger partial charge is 0.243 e. The van der Waals surface area contributed by atoms with Crippen LogP contribution in [-0.2, 0) is 10.0 Å². The molecule has 0 saturated carbocycles. The highest BCUT2D eigenvalue weighted by Crippen LogP contribution is 2.33. The highest BCUT2D eigenvalue weighted by molar-refractivity contribution is 9.10. The number of piperidine rings is 1. The molecule has 2 heterocycles. The zero-order valence-corrected chi connectivity index (χ0v) is 18.5. The third-order valence-electron chi connectivity index (χ3n) is 5.02. The number of benzene rings is 2. The van der Waals surface area contributed by atoms with E-state index >= 15 is 0 Å². The van der Waals surface area contributed by atoms with Gasteiger partial charge in [-0.25, -0.2) is 12.8 Å². The van der Waals surface area contributed by atoms with E-state index in [4.69, 9.17) is 9.26 Å². The molecule has 1 aliphatic heterocycles. The molecule has 1 saturated heterocycles. The third kappa shape index (κ3) is 4.12. The summed E-state index contributed by atoms with van der Waals surface area (Å²) >= 11 is 3.33. The lowest BCUT2D eigenvalue weighted by Crippen LogP contribution is -2.39. The van der Waals surface area contributed by atoms with Gasteiger partial charge in [0, 0.05) is 18.7 Å². The highest BCUT2D eigenvalue weighted by Gasteiger charge is 2.33. The maximum atomic E-state index is 13.5. The SMILES string of the molecule is COc1ccc(S(=O)(=O)N2CCCC(c3nc(-c4cccc(F)c4)no3)C2)cc1Br. The minimum absolute atomic E-state index is 0.182. The summed E-state index contributed by atoms with van der Waals surface area (Å²) in [5.41, 5.74) is 0.508. The first kappa shape index (κ1) is 21.0. The zero-order valence-electron chi connectivity index (χ0n) is 16.1. The molecule has 2 aromatic carbocycles. The van der Waals surface area contributed by atoms with E-state index in [1.54, 1.807) is 18.2 Å². The van der Waals surface area contributed by atoms with Gasteiger partial charge in [0.05, 0.1) is 22.4 Å². The van der Waals surface area contributed by atoms with Gasteiger partial charge in [-0.05, 0) is 59.1 Å². The lowest BCUT2D eigenvalue weighted by Gasteiger charge is -2.30. The second kappa shape index (κ2) is 8.44. The molecule has 30 heavy (non-hydrogen) atoms. The number of nitrogens with zero attached hydrogens (tertiary/aromatic N) is 3. The normalized spacial score (nSPS) is 17.8. The maximum Gasteiger partial charge on any atom is 0.243 e. The Labute approximate surface area is 182 Å². The van der Waals surface area contributed by atoms with E-state index in [1.165, 1.54) is 35.7 Å². The Morgan fingerprint density at radius 2 is 2.10 bits per heavy atom. The number of aromatic nitrogens is 2. The number of rotatable bonds is 5. The van der Waals surface area contributed by atoms with Crippen molar-refractivity contribution in [1.82, 2.24) is 14.4 Å². The summed E-state index contributed by atoms with van der Waals surface area (Å²) in [4.78, 5) is 4.56. The van der Waals surface area contributed by atoms with Gasteiger partial charge in [-0.2, -0.15) is 9.29 Å². The molecule has 0 aliphatic carbocycles. The molecule has 1 fully saturated rings. The van der Waals surface area contributed by atoms with Crippen LogP contribution in [0.5, 0.6) is 5.75 Å². The summed E-state index contributed by atoms with van der Waals surface area (Å²) in [6.07, 6.45) is 1.39. The number of methoxy groups -OCH3 is 1. The molecular formula is C20H19BrFN3O4S. The molecule has 0 bridgehead atoms. The van der Waals surface area contributed by atoms with Gasteiger partial charge in [0.2, 0.25) is 21.7 Å². The lowest BCUT2D eigenvalue weighted by atomic mass is 10.00. The van der Waals surface area contributed by atoms with Crippen molar-refractivity contribution in [2.45, 2.75) is 23.7 Å². The predicted octanol–water partition coefficient (Wildman–Crippen LogP) is 4.22. The van der Waals surface area contributed by atoms with E-state index in [-0.39, 0.29) is 29.0 Å². The fourth-order valence-corrected chi connectivity index (χ4v) is 5.71. The Hall–Kier alpha value is -2.30. The molecule has 0 spiro atoms. The Kier molecular flexibility index (Phi) is 5.90. The minimum atomic E-state index is -3.69. The predicted molar refractivity (Wildman–Crippen MR) is 111 cm³/mol. The molecular weight excluding hydrogens is 477 g/mol. The van der Waals surface area contributed by atoms with E-state index in [2.05, 4.69) is 26.1 Å². The second-order valence-electron chi connectivity index (χ2n) is 6.97. The van der Waals surface area contributed by atoms with Crippen LogP contribution in [0.1, 0.15) is 24.7 Å². The summed E-state index contributed by atoms with van der Waals surface area (Å²) in [5, 5.41) is 3.94. The third-order valence-corrected chi connectivity index (χ3v) is 7.50. The van der Waals surface area contributed by atoms with Crippen molar-refractivity contribution in [1.29, 1.82) is 0 Å². The van der Waals surface area contributed by atoms with Gasteiger partial charge < -0.3 is 9.26 Å². The molecule has 158 valence electrons. The van der Waals surface area contributed by atoms with E-state index < -0.39 is 10.0 Å². The van der Waals surface area contributed by atoms with Gasteiger partial charge in [0.1, 0.15) is 11.6 Å². The monoisotopic (exact) mass is 495 g/mol. The fraction of sp³-hybridized carbons (Fsp3) is 0.300. The van der Waals surface area contributed by atoms with E-state index in [1.807, 2.05) is 0 Å². The quantitative estimate of drug-likeness (QED) is 0.526. The summed E-state index contributed by atoms with van der Waals surface area (Å²) in [6.45, 7) is 0.643. The van der Waals surface area contributed by atoms with Crippen molar-refractivity contribution < 1.29 is 22.1 Å². The second-order valence-corrected chi connectivity index (χ2v) is 9.76. The van der Waals surface area contributed by atoms with Crippen LogP contribution < -0.4 is 4.74 Å². The topological polar surface area (TPSA) is 85.5 Å².